The zero-order valence-corrected chi connectivity index (χ0v) is 21.4. The van der Waals surface area contributed by atoms with E-state index < -0.39 is 11.6 Å². The van der Waals surface area contributed by atoms with Crippen molar-refractivity contribution in [2.24, 2.45) is 5.92 Å². The highest BCUT2D eigenvalue weighted by atomic mass is 16.2. The summed E-state index contributed by atoms with van der Waals surface area (Å²) >= 11 is 0. The van der Waals surface area contributed by atoms with Crippen molar-refractivity contribution in [3.8, 4) is 0 Å². The standard InChI is InChI=1S/C29H32N6O2/c1-19(2)12-13-29(24-10-5-4-6-11-24)27(37)35(28(30)33-29)20(3)21-8-7-9-22(14-21)26(36)34-16-23-15-31-18-32-25(23)17-34/h4-11,14-15,18-20H,12-13,16-17H2,1-3H3,(H2,30,33). The summed E-state index contributed by atoms with van der Waals surface area (Å²) in [7, 11) is 0. The van der Waals surface area contributed by atoms with Crippen LogP contribution in [0.5, 0.6) is 0 Å². The molecule has 2 aliphatic rings. The molecule has 37 heavy (non-hydrogen) atoms. The van der Waals surface area contributed by atoms with Gasteiger partial charge in [-0.2, -0.15) is 0 Å². The maximum atomic E-state index is 14.1. The summed E-state index contributed by atoms with van der Waals surface area (Å²) in [5.41, 5.74) is 3.06. The molecule has 0 bridgehead atoms. The van der Waals surface area contributed by atoms with Gasteiger partial charge in [0.2, 0.25) is 0 Å². The highest BCUT2D eigenvalue weighted by Gasteiger charge is 2.51. The zero-order chi connectivity index (χ0) is 26.2. The Bertz CT molecular complexity index is 1320. The SMILES string of the molecule is CC(C)CCC1(c2ccccc2)NC(=N)N(C(C)c2cccc(C(=O)N3Cc4cncnc4C3)c2)C1=O. The van der Waals surface area contributed by atoms with Crippen molar-refractivity contribution in [3.05, 3.63) is 95.1 Å². The van der Waals surface area contributed by atoms with E-state index in [9.17, 15) is 9.59 Å². The number of hydrogen-bond acceptors (Lipinski definition) is 5. The highest BCUT2D eigenvalue weighted by Crippen LogP contribution is 2.38. The van der Waals surface area contributed by atoms with Gasteiger partial charge in [0.1, 0.15) is 11.9 Å². The Morgan fingerprint density at radius 2 is 1.89 bits per heavy atom. The highest BCUT2D eigenvalue weighted by molar-refractivity contribution is 6.08. The Balaban J connectivity index is 1.40. The van der Waals surface area contributed by atoms with Crippen LogP contribution >= 0.6 is 0 Å². The number of hydrogen-bond donors (Lipinski definition) is 2. The van der Waals surface area contributed by atoms with Crippen molar-refractivity contribution >= 4 is 17.8 Å². The van der Waals surface area contributed by atoms with Gasteiger partial charge in [-0.05, 0) is 48.9 Å². The van der Waals surface area contributed by atoms with Gasteiger partial charge in [0.25, 0.3) is 11.8 Å². The van der Waals surface area contributed by atoms with Crippen LogP contribution in [0.3, 0.4) is 0 Å². The minimum absolute atomic E-state index is 0.0791. The molecule has 1 aromatic heterocycles. The molecular weight excluding hydrogens is 464 g/mol. The van der Waals surface area contributed by atoms with Gasteiger partial charge in [0.15, 0.2) is 5.96 Å². The average Bonchev–Trinajstić information content (AvgIpc) is 3.46. The van der Waals surface area contributed by atoms with Gasteiger partial charge in [0, 0.05) is 23.9 Å². The van der Waals surface area contributed by atoms with Crippen LogP contribution in [0, 0.1) is 11.3 Å². The quantitative estimate of drug-likeness (QED) is 0.505. The lowest BCUT2D eigenvalue weighted by molar-refractivity contribution is -0.133. The topological polar surface area (TPSA) is 102 Å². The van der Waals surface area contributed by atoms with Crippen LogP contribution in [0.25, 0.3) is 0 Å². The summed E-state index contributed by atoms with van der Waals surface area (Å²) in [6, 6.07) is 16.6. The molecule has 1 fully saturated rings. The monoisotopic (exact) mass is 496 g/mol. The number of nitrogens with one attached hydrogen (secondary N) is 2. The number of carbonyl (C=O) groups is 2. The maximum Gasteiger partial charge on any atom is 0.260 e. The van der Waals surface area contributed by atoms with Gasteiger partial charge < -0.3 is 10.2 Å². The second-order valence-electron chi connectivity index (χ2n) is 10.3. The molecule has 8 heteroatoms. The Morgan fingerprint density at radius 1 is 1.11 bits per heavy atom. The predicted molar refractivity (Wildman–Crippen MR) is 140 cm³/mol. The first kappa shape index (κ1) is 24.6. The third kappa shape index (κ3) is 4.48. The minimum atomic E-state index is -0.979. The molecule has 2 aromatic carbocycles. The van der Waals surface area contributed by atoms with Crippen LogP contribution in [0.4, 0.5) is 0 Å². The molecule has 2 aliphatic heterocycles. The van der Waals surface area contributed by atoms with Gasteiger partial charge in [-0.1, -0.05) is 56.3 Å². The van der Waals surface area contributed by atoms with Crippen molar-refractivity contribution in [3.63, 3.8) is 0 Å². The number of guanidine groups is 1. The minimum Gasteiger partial charge on any atom is -0.338 e. The molecule has 0 radical (unpaired) electrons. The largest absolute Gasteiger partial charge is 0.338 e. The van der Waals surface area contributed by atoms with Crippen molar-refractivity contribution in [1.82, 2.24) is 25.1 Å². The molecule has 2 amide bonds. The van der Waals surface area contributed by atoms with Crippen molar-refractivity contribution in [1.29, 1.82) is 5.41 Å². The van der Waals surface area contributed by atoms with E-state index in [0.29, 0.717) is 31.0 Å². The predicted octanol–water partition coefficient (Wildman–Crippen LogP) is 4.39. The molecule has 3 aromatic rings. The summed E-state index contributed by atoms with van der Waals surface area (Å²) in [5, 5.41) is 12.0. The third-order valence-electron chi connectivity index (χ3n) is 7.39. The summed E-state index contributed by atoms with van der Waals surface area (Å²) in [4.78, 5) is 39.0. The van der Waals surface area contributed by atoms with Crippen LogP contribution < -0.4 is 5.32 Å². The lowest BCUT2D eigenvalue weighted by atomic mass is 9.83. The van der Waals surface area contributed by atoms with Gasteiger partial charge in [-0.25, -0.2) is 9.97 Å². The van der Waals surface area contributed by atoms with E-state index in [1.54, 1.807) is 17.2 Å². The zero-order valence-electron chi connectivity index (χ0n) is 21.4. The third-order valence-corrected chi connectivity index (χ3v) is 7.39. The lowest BCUT2D eigenvalue weighted by Crippen LogP contribution is -2.44. The van der Waals surface area contributed by atoms with E-state index in [-0.39, 0.29) is 17.8 Å². The normalized spacial score (nSPS) is 19.8. The van der Waals surface area contributed by atoms with Crippen LogP contribution in [-0.2, 0) is 23.4 Å². The second kappa shape index (κ2) is 9.76. The Hall–Kier alpha value is -4.07. The van der Waals surface area contributed by atoms with Crippen molar-refractivity contribution < 1.29 is 9.59 Å². The molecule has 2 unspecified atom stereocenters. The summed E-state index contributed by atoms with van der Waals surface area (Å²) in [5.74, 6) is 0.266. The Labute approximate surface area is 217 Å². The van der Waals surface area contributed by atoms with Crippen LogP contribution in [0.2, 0.25) is 0 Å². The number of amides is 2. The van der Waals surface area contributed by atoms with E-state index in [0.717, 1.165) is 28.8 Å². The smallest absolute Gasteiger partial charge is 0.260 e. The Kier molecular flexibility index (Phi) is 6.50. The number of nitrogens with zero attached hydrogens (tertiary/aromatic N) is 4. The number of fused-ring (bicyclic) bond motifs is 1. The summed E-state index contributed by atoms with van der Waals surface area (Å²) in [6.45, 7) is 7.10. The number of benzene rings is 2. The molecule has 5 rings (SSSR count). The molecule has 1 saturated heterocycles. The molecule has 2 atom stereocenters. The summed E-state index contributed by atoms with van der Waals surface area (Å²) in [6.07, 6.45) is 4.69. The van der Waals surface area contributed by atoms with E-state index in [1.807, 2.05) is 55.5 Å². The fourth-order valence-corrected chi connectivity index (χ4v) is 5.24. The fraction of sp³-hybridized carbons (Fsp3) is 0.345. The molecule has 8 nitrogen and oxygen atoms in total. The van der Waals surface area contributed by atoms with Crippen molar-refractivity contribution in [2.45, 2.75) is 58.3 Å². The number of carbonyl (C=O) groups excluding carboxylic acids is 2. The van der Waals surface area contributed by atoms with Gasteiger partial charge in [-0.15, -0.1) is 0 Å². The van der Waals surface area contributed by atoms with E-state index >= 15 is 0 Å². The second-order valence-corrected chi connectivity index (χ2v) is 10.3. The number of aromatic nitrogens is 2. The first-order chi connectivity index (χ1) is 17.8. The van der Waals surface area contributed by atoms with Crippen molar-refractivity contribution in [2.75, 3.05) is 0 Å². The average molecular weight is 497 g/mol. The van der Waals surface area contributed by atoms with Gasteiger partial charge >= 0.3 is 0 Å². The fourth-order valence-electron chi connectivity index (χ4n) is 5.24. The lowest BCUT2D eigenvalue weighted by Gasteiger charge is -2.30. The molecule has 2 N–H and O–H groups in total. The van der Waals surface area contributed by atoms with Gasteiger partial charge in [0.05, 0.1) is 18.3 Å². The number of rotatable bonds is 7. The van der Waals surface area contributed by atoms with Gasteiger partial charge in [-0.3, -0.25) is 19.9 Å². The first-order valence-electron chi connectivity index (χ1n) is 12.7. The molecule has 3 heterocycles. The molecular formula is C29H32N6O2. The summed E-state index contributed by atoms with van der Waals surface area (Å²) < 4.78 is 0. The Morgan fingerprint density at radius 3 is 2.62 bits per heavy atom. The maximum absolute atomic E-state index is 14.1. The van der Waals surface area contributed by atoms with Crippen LogP contribution in [0.1, 0.15) is 72.4 Å². The van der Waals surface area contributed by atoms with E-state index in [1.165, 1.54) is 11.2 Å². The molecule has 0 saturated carbocycles. The first-order valence-corrected chi connectivity index (χ1v) is 12.7. The molecule has 190 valence electrons. The molecule has 0 aliphatic carbocycles. The van der Waals surface area contributed by atoms with E-state index in [2.05, 4.69) is 29.1 Å². The van der Waals surface area contributed by atoms with E-state index in [4.69, 9.17) is 5.41 Å². The van der Waals surface area contributed by atoms with Crippen LogP contribution in [-0.4, -0.2) is 37.5 Å². The molecule has 0 spiro atoms. The van der Waals surface area contributed by atoms with Crippen LogP contribution in [0.15, 0.2) is 67.1 Å².